The summed E-state index contributed by atoms with van der Waals surface area (Å²) in [5.74, 6) is 1.33. The third-order valence-corrected chi connectivity index (χ3v) is 4.80. The summed E-state index contributed by atoms with van der Waals surface area (Å²) in [6, 6.07) is 0. The maximum Gasteiger partial charge on any atom is 0.269 e. The number of fused-ring (bicyclic) bond motifs is 3. The van der Waals surface area contributed by atoms with Crippen LogP contribution >= 0.6 is 12.2 Å². The maximum atomic E-state index is 6.00. The molecule has 0 N–H and O–H groups in total. The average molecular weight is 250 g/mol. The lowest BCUT2D eigenvalue weighted by molar-refractivity contribution is 0.0418. The molecule has 1 aliphatic heterocycles. The van der Waals surface area contributed by atoms with E-state index in [-0.39, 0.29) is 11.7 Å². The van der Waals surface area contributed by atoms with Crippen LogP contribution < -0.4 is 0 Å². The Morgan fingerprint density at radius 1 is 1.53 bits per heavy atom. The third-order valence-electron chi connectivity index (χ3n) is 4.49. The lowest BCUT2D eigenvalue weighted by atomic mass is 9.86. The highest BCUT2D eigenvalue weighted by Gasteiger charge is 2.68. The predicted molar refractivity (Wildman–Crippen MR) is 64.6 cm³/mol. The van der Waals surface area contributed by atoms with Crippen LogP contribution in [0.3, 0.4) is 0 Å². The molecule has 1 aromatic rings. The number of thiocarbonyl (C=S) groups is 1. The molecule has 4 rings (SSSR count). The number of rotatable bonds is 1. The summed E-state index contributed by atoms with van der Waals surface area (Å²) >= 11 is 5.30. The topological polar surface area (TPSA) is 39.6 Å². The zero-order valence-corrected chi connectivity index (χ0v) is 10.2. The molecule has 4 atom stereocenters. The van der Waals surface area contributed by atoms with Gasteiger partial charge in [0, 0.05) is 12.4 Å². The van der Waals surface area contributed by atoms with Crippen molar-refractivity contribution in [3.63, 3.8) is 0 Å². The van der Waals surface area contributed by atoms with Crippen molar-refractivity contribution in [1.29, 1.82) is 0 Å². The summed E-state index contributed by atoms with van der Waals surface area (Å²) in [5.41, 5.74) is 0.00750. The van der Waals surface area contributed by atoms with E-state index in [9.17, 15) is 0 Å². The number of aromatic nitrogens is 2. The Morgan fingerprint density at radius 2 is 2.41 bits per heavy atom. The number of hydrogen-bond donors (Lipinski definition) is 0. The first-order chi connectivity index (χ1) is 8.29. The fourth-order valence-corrected chi connectivity index (χ4v) is 3.79. The van der Waals surface area contributed by atoms with E-state index in [4.69, 9.17) is 21.7 Å². The molecule has 1 aromatic heterocycles. The Hall–Kier alpha value is -0.940. The van der Waals surface area contributed by atoms with Crippen LogP contribution in [0.1, 0.15) is 19.3 Å². The Kier molecular flexibility index (Phi) is 1.94. The highest BCUT2D eigenvalue weighted by molar-refractivity contribution is 7.80. The van der Waals surface area contributed by atoms with Gasteiger partial charge < -0.3 is 9.47 Å². The molecule has 2 bridgehead atoms. The molecule has 2 heterocycles. The van der Waals surface area contributed by atoms with Crippen molar-refractivity contribution in [3.05, 3.63) is 18.7 Å². The fraction of sp³-hybridized carbons (Fsp3) is 0.667. The molecular weight excluding hydrogens is 236 g/mol. The van der Waals surface area contributed by atoms with Gasteiger partial charge in [-0.05, 0) is 43.3 Å². The molecule has 5 heteroatoms. The van der Waals surface area contributed by atoms with Crippen molar-refractivity contribution >= 4 is 17.4 Å². The molecule has 90 valence electrons. The summed E-state index contributed by atoms with van der Waals surface area (Å²) in [4.78, 5) is 3.98. The molecule has 1 saturated heterocycles. The maximum absolute atomic E-state index is 6.00. The van der Waals surface area contributed by atoms with Crippen LogP contribution in [-0.2, 0) is 9.47 Å². The van der Waals surface area contributed by atoms with Gasteiger partial charge in [0.25, 0.3) is 5.17 Å². The molecule has 0 amide bonds. The minimum Gasteiger partial charge on any atom is -0.464 e. The zero-order chi connectivity index (χ0) is 11.5. The van der Waals surface area contributed by atoms with E-state index < -0.39 is 0 Å². The van der Waals surface area contributed by atoms with Crippen LogP contribution in [0.4, 0.5) is 0 Å². The Labute approximate surface area is 105 Å². The lowest BCUT2D eigenvalue weighted by Gasteiger charge is -2.28. The molecule has 4 nitrogen and oxygen atoms in total. The predicted octanol–water partition coefficient (Wildman–Crippen LogP) is 1.60. The van der Waals surface area contributed by atoms with Crippen molar-refractivity contribution in [3.8, 4) is 0 Å². The summed E-state index contributed by atoms with van der Waals surface area (Å²) in [6.07, 6.45) is 9.16. The fourth-order valence-electron chi connectivity index (χ4n) is 3.58. The van der Waals surface area contributed by atoms with Crippen LogP contribution in [0.5, 0.6) is 0 Å². The summed E-state index contributed by atoms with van der Waals surface area (Å²) in [7, 11) is 0. The molecule has 1 spiro atoms. The smallest absolute Gasteiger partial charge is 0.269 e. The Balaban J connectivity index is 1.55. The SMILES string of the molecule is S=C(O[C@H]1[C@H]2CC[C@H](C2)C12CO2)n1ccnc1. The first-order valence-corrected chi connectivity index (χ1v) is 6.53. The van der Waals surface area contributed by atoms with Gasteiger partial charge in [0.15, 0.2) is 0 Å². The molecule has 0 radical (unpaired) electrons. The largest absolute Gasteiger partial charge is 0.464 e. The van der Waals surface area contributed by atoms with Crippen molar-refractivity contribution in [2.75, 3.05) is 6.61 Å². The van der Waals surface area contributed by atoms with Crippen molar-refractivity contribution in [1.82, 2.24) is 9.55 Å². The Bertz CT molecular complexity index is 455. The lowest BCUT2D eigenvalue weighted by Crippen LogP contribution is -2.40. The standard InChI is InChI=1S/C12H14N2O2S/c17-11(14-4-3-13-7-14)16-10-8-1-2-9(5-8)12(10)6-15-12/h3-4,7-10H,1-2,5-6H2/t8-,9+,10-,12?/m0/s1. The van der Waals surface area contributed by atoms with Gasteiger partial charge in [0.1, 0.15) is 18.0 Å². The zero-order valence-electron chi connectivity index (χ0n) is 9.41. The van der Waals surface area contributed by atoms with Gasteiger partial charge in [0.05, 0.1) is 6.61 Å². The van der Waals surface area contributed by atoms with Gasteiger partial charge in [-0.25, -0.2) is 4.98 Å². The van der Waals surface area contributed by atoms with Crippen LogP contribution in [0.2, 0.25) is 0 Å². The van der Waals surface area contributed by atoms with E-state index in [1.807, 2.05) is 6.20 Å². The van der Waals surface area contributed by atoms with Gasteiger partial charge in [-0.3, -0.25) is 4.57 Å². The molecule has 3 aliphatic rings. The van der Waals surface area contributed by atoms with E-state index in [1.54, 1.807) is 17.1 Å². The monoisotopic (exact) mass is 250 g/mol. The van der Waals surface area contributed by atoms with Crippen LogP contribution in [-0.4, -0.2) is 33.0 Å². The molecule has 0 aromatic carbocycles. The molecular formula is C12H14N2O2S. The summed E-state index contributed by atoms with van der Waals surface area (Å²) in [6.45, 7) is 0.853. The number of imidazole rings is 1. The van der Waals surface area contributed by atoms with Gasteiger partial charge in [-0.15, -0.1) is 0 Å². The summed E-state index contributed by atoms with van der Waals surface area (Å²) in [5, 5.41) is 0.495. The van der Waals surface area contributed by atoms with Gasteiger partial charge in [-0.1, -0.05) is 0 Å². The molecule has 2 aliphatic carbocycles. The Morgan fingerprint density at radius 3 is 3.12 bits per heavy atom. The number of epoxide rings is 1. The molecule has 3 fully saturated rings. The molecule has 1 unspecified atom stereocenters. The minimum absolute atomic E-state index is 0.00750. The van der Waals surface area contributed by atoms with Crippen LogP contribution in [0.15, 0.2) is 18.7 Å². The highest BCUT2D eigenvalue weighted by Crippen LogP contribution is 2.59. The van der Waals surface area contributed by atoms with E-state index in [1.165, 1.54) is 19.3 Å². The van der Waals surface area contributed by atoms with E-state index in [2.05, 4.69) is 4.98 Å². The van der Waals surface area contributed by atoms with E-state index in [0.29, 0.717) is 17.0 Å². The van der Waals surface area contributed by atoms with E-state index in [0.717, 1.165) is 6.61 Å². The quantitative estimate of drug-likeness (QED) is 0.560. The second kappa shape index (κ2) is 3.29. The normalized spacial score (nSPS) is 42.0. The second-order valence-electron chi connectivity index (χ2n) is 5.29. The number of ether oxygens (including phenoxy) is 2. The van der Waals surface area contributed by atoms with Crippen molar-refractivity contribution in [2.45, 2.75) is 31.0 Å². The highest BCUT2D eigenvalue weighted by atomic mass is 32.1. The third kappa shape index (κ3) is 1.32. The van der Waals surface area contributed by atoms with Gasteiger partial charge >= 0.3 is 0 Å². The van der Waals surface area contributed by atoms with Crippen LogP contribution in [0.25, 0.3) is 0 Å². The van der Waals surface area contributed by atoms with E-state index >= 15 is 0 Å². The average Bonchev–Trinajstić information content (AvgIpc) is 2.77. The first kappa shape index (κ1) is 10.0. The molecule has 17 heavy (non-hydrogen) atoms. The van der Waals surface area contributed by atoms with Crippen molar-refractivity contribution < 1.29 is 9.47 Å². The molecule has 2 saturated carbocycles. The minimum atomic E-state index is 0.00750. The number of hydrogen-bond acceptors (Lipinski definition) is 4. The number of nitrogens with zero attached hydrogens (tertiary/aromatic N) is 2. The first-order valence-electron chi connectivity index (χ1n) is 6.12. The van der Waals surface area contributed by atoms with Gasteiger partial charge in [0.2, 0.25) is 0 Å². The summed E-state index contributed by atoms with van der Waals surface area (Å²) < 4.78 is 13.5. The van der Waals surface area contributed by atoms with Crippen LogP contribution in [0, 0.1) is 11.8 Å². The van der Waals surface area contributed by atoms with Crippen molar-refractivity contribution in [2.24, 2.45) is 11.8 Å². The second-order valence-corrected chi connectivity index (χ2v) is 5.64. The van der Waals surface area contributed by atoms with Gasteiger partial charge in [-0.2, -0.15) is 0 Å².